The fraction of sp³-hybridized carbons (Fsp3) is 0.909. The number of carbonyl (C=O) groups is 1. The van der Waals surface area contributed by atoms with E-state index in [0.717, 1.165) is 25.8 Å². The average molecular weight is 229 g/mol. The van der Waals surface area contributed by atoms with Crippen LogP contribution >= 0.6 is 0 Å². The predicted octanol–water partition coefficient (Wildman–Crippen LogP) is -0.391. The Kier molecular flexibility index (Phi) is 6.37. The Bertz CT molecular complexity index is 211. The maximum Gasteiger partial charge on any atom is 0.220 e. The first-order chi connectivity index (χ1) is 7.76. The lowest BCUT2D eigenvalue weighted by Crippen LogP contribution is -2.42. The second kappa shape index (κ2) is 7.60. The van der Waals surface area contributed by atoms with Crippen LogP contribution in [-0.2, 0) is 9.53 Å². The fourth-order valence-electron chi connectivity index (χ4n) is 1.95. The van der Waals surface area contributed by atoms with Gasteiger partial charge in [0.15, 0.2) is 0 Å². The smallest absolute Gasteiger partial charge is 0.220 e. The van der Waals surface area contributed by atoms with Gasteiger partial charge in [0, 0.05) is 32.2 Å². The molecular formula is C11H23N3O2. The van der Waals surface area contributed by atoms with E-state index in [1.165, 1.54) is 0 Å². The van der Waals surface area contributed by atoms with E-state index < -0.39 is 0 Å². The van der Waals surface area contributed by atoms with Crippen LogP contribution in [0, 0.1) is 0 Å². The molecule has 0 aliphatic carbocycles. The Morgan fingerprint density at radius 3 is 3.06 bits per heavy atom. The molecule has 5 nitrogen and oxygen atoms in total. The lowest BCUT2D eigenvalue weighted by atomic mass is 10.1. The Morgan fingerprint density at radius 2 is 2.50 bits per heavy atom. The highest BCUT2D eigenvalue weighted by molar-refractivity contribution is 5.78. The number of hydrogen-bond donors (Lipinski definition) is 3. The first-order valence-electron chi connectivity index (χ1n) is 5.98. The average Bonchev–Trinajstić information content (AvgIpc) is 2.68. The van der Waals surface area contributed by atoms with Gasteiger partial charge in [-0.3, -0.25) is 4.79 Å². The Morgan fingerprint density at radius 1 is 1.69 bits per heavy atom. The molecule has 5 heteroatoms. The number of methoxy groups -OCH3 is 1. The molecule has 0 spiro atoms. The summed E-state index contributed by atoms with van der Waals surface area (Å²) in [5.74, 6) is 0.164. The Labute approximate surface area is 97.1 Å². The van der Waals surface area contributed by atoms with Gasteiger partial charge in [-0.15, -0.1) is 0 Å². The number of nitrogens with two attached hydrogens (primary N) is 1. The van der Waals surface area contributed by atoms with E-state index in [2.05, 4.69) is 10.6 Å². The van der Waals surface area contributed by atoms with Crippen molar-refractivity contribution in [3.63, 3.8) is 0 Å². The van der Waals surface area contributed by atoms with Crippen LogP contribution in [0.5, 0.6) is 0 Å². The number of nitrogens with one attached hydrogen (secondary N) is 2. The topological polar surface area (TPSA) is 76.4 Å². The highest BCUT2D eigenvalue weighted by Gasteiger charge is 2.21. The highest BCUT2D eigenvalue weighted by Crippen LogP contribution is 2.06. The molecule has 1 rings (SSSR count). The van der Waals surface area contributed by atoms with Gasteiger partial charge >= 0.3 is 0 Å². The number of amides is 1. The summed E-state index contributed by atoms with van der Waals surface area (Å²) >= 11 is 0. The zero-order valence-corrected chi connectivity index (χ0v) is 10.00. The van der Waals surface area contributed by atoms with E-state index in [0.29, 0.717) is 25.6 Å². The summed E-state index contributed by atoms with van der Waals surface area (Å²) in [5, 5.41) is 6.36. The summed E-state index contributed by atoms with van der Waals surface area (Å²) in [4.78, 5) is 11.0. The first-order valence-corrected chi connectivity index (χ1v) is 5.98. The molecule has 1 heterocycles. The molecule has 0 saturated carbocycles. The number of rotatable bonds is 8. The van der Waals surface area contributed by atoms with E-state index >= 15 is 0 Å². The molecule has 2 unspecified atom stereocenters. The van der Waals surface area contributed by atoms with Gasteiger partial charge in [0.2, 0.25) is 5.91 Å². The van der Waals surface area contributed by atoms with Crippen molar-refractivity contribution >= 4 is 5.91 Å². The van der Waals surface area contributed by atoms with Crippen LogP contribution < -0.4 is 16.4 Å². The summed E-state index contributed by atoms with van der Waals surface area (Å²) in [7, 11) is 1.70. The van der Waals surface area contributed by atoms with Gasteiger partial charge in [0.25, 0.3) is 0 Å². The van der Waals surface area contributed by atoms with Crippen LogP contribution in [-0.4, -0.2) is 44.8 Å². The molecule has 0 bridgehead atoms. The monoisotopic (exact) mass is 229 g/mol. The third-order valence-corrected chi connectivity index (χ3v) is 2.86. The standard InChI is InChI=1S/C11H23N3O2/c1-16-8-10(3-2-6-12)13-7-9-4-5-11(15)14-9/h9-10,13H,2-8,12H2,1H3,(H,14,15). The van der Waals surface area contributed by atoms with Crippen LogP contribution in [0.15, 0.2) is 0 Å². The SMILES string of the molecule is COCC(CCCN)NCC1CCC(=O)N1. The van der Waals surface area contributed by atoms with Gasteiger partial charge < -0.3 is 21.1 Å². The third-order valence-electron chi connectivity index (χ3n) is 2.86. The lowest BCUT2D eigenvalue weighted by Gasteiger charge is -2.20. The van der Waals surface area contributed by atoms with Crippen molar-refractivity contribution in [2.75, 3.05) is 26.8 Å². The summed E-state index contributed by atoms with van der Waals surface area (Å²) < 4.78 is 5.15. The van der Waals surface area contributed by atoms with E-state index in [-0.39, 0.29) is 11.9 Å². The van der Waals surface area contributed by atoms with E-state index in [1.54, 1.807) is 7.11 Å². The van der Waals surface area contributed by atoms with Crippen molar-refractivity contribution in [2.45, 2.75) is 37.8 Å². The van der Waals surface area contributed by atoms with Crippen molar-refractivity contribution in [2.24, 2.45) is 5.73 Å². The molecule has 94 valence electrons. The zero-order chi connectivity index (χ0) is 11.8. The van der Waals surface area contributed by atoms with Crippen LogP contribution in [0.1, 0.15) is 25.7 Å². The molecule has 0 aromatic rings. The summed E-state index contributed by atoms with van der Waals surface area (Å²) in [6.45, 7) is 2.23. The zero-order valence-electron chi connectivity index (χ0n) is 10.00. The molecule has 1 amide bonds. The maximum absolute atomic E-state index is 11.0. The molecule has 2 atom stereocenters. The molecule has 4 N–H and O–H groups in total. The fourth-order valence-corrected chi connectivity index (χ4v) is 1.95. The molecule has 1 aliphatic heterocycles. The largest absolute Gasteiger partial charge is 0.383 e. The molecule has 0 aromatic heterocycles. The van der Waals surface area contributed by atoms with Gasteiger partial charge in [-0.05, 0) is 25.8 Å². The second-order valence-electron chi connectivity index (χ2n) is 4.29. The molecule has 0 aromatic carbocycles. The molecule has 0 radical (unpaired) electrons. The summed E-state index contributed by atoms with van der Waals surface area (Å²) in [6.07, 6.45) is 3.61. The predicted molar refractivity (Wildman–Crippen MR) is 63.1 cm³/mol. The highest BCUT2D eigenvalue weighted by atomic mass is 16.5. The number of carbonyl (C=O) groups excluding carboxylic acids is 1. The minimum absolute atomic E-state index is 0.164. The van der Waals surface area contributed by atoms with Gasteiger partial charge in [-0.1, -0.05) is 0 Å². The quantitative estimate of drug-likeness (QED) is 0.530. The Balaban J connectivity index is 2.17. The normalized spacial score (nSPS) is 22.1. The van der Waals surface area contributed by atoms with E-state index in [4.69, 9.17) is 10.5 Å². The van der Waals surface area contributed by atoms with Gasteiger partial charge in [0.05, 0.1) is 6.61 Å². The van der Waals surface area contributed by atoms with Crippen LogP contribution in [0.4, 0.5) is 0 Å². The summed E-state index contributed by atoms with van der Waals surface area (Å²) in [6, 6.07) is 0.621. The molecule has 16 heavy (non-hydrogen) atoms. The van der Waals surface area contributed by atoms with Gasteiger partial charge in [-0.2, -0.15) is 0 Å². The number of hydrogen-bond acceptors (Lipinski definition) is 4. The van der Waals surface area contributed by atoms with E-state index in [1.807, 2.05) is 0 Å². The van der Waals surface area contributed by atoms with Crippen LogP contribution in [0.3, 0.4) is 0 Å². The summed E-state index contributed by atoms with van der Waals surface area (Å²) in [5.41, 5.74) is 5.48. The Hall–Kier alpha value is -0.650. The van der Waals surface area contributed by atoms with Crippen LogP contribution in [0.25, 0.3) is 0 Å². The molecule has 1 aliphatic rings. The first kappa shape index (κ1) is 13.4. The second-order valence-corrected chi connectivity index (χ2v) is 4.29. The van der Waals surface area contributed by atoms with Gasteiger partial charge in [-0.25, -0.2) is 0 Å². The number of ether oxygens (including phenoxy) is 1. The lowest BCUT2D eigenvalue weighted by molar-refractivity contribution is -0.119. The van der Waals surface area contributed by atoms with Crippen molar-refractivity contribution < 1.29 is 9.53 Å². The molecule has 1 saturated heterocycles. The van der Waals surface area contributed by atoms with Crippen molar-refractivity contribution in [3.05, 3.63) is 0 Å². The van der Waals surface area contributed by atoms with Crippen molar-refractivity contribution in [1.29, 1.82) is 0 Å². The molecule has 1 fully saturated rings. The van der Waals surface area contributed by atoms with Gasteiger partial charge in [0.1, 0.15) is 0 Å². The van der Waals surface area contributed by atoms with Crippen LogP contribution in [0.2, 0.25) is 0 Å². The van der Waals surface area contributed by atoms with E-state index in [9.17, 15) is 4.79 Å². The minimum Gasteiger partial charge on any atom is -0.383 e. The molecular weight excluding hydrogens is 206 g/mol. The minimum atomic E-state index is 0.164. The van der Waals surface area contributed by atoms with Crippen molar-refractivity contribution in [3.8, 4) is 0 Å². The third kappa shape index (κ3) is 4.92. The van der Waals surface area contributed by atoms with Crippen molar-refractivity contribution in [1.82, 2.24) is 10.6 Å². The maximum atomic E-state index is 11.0.